The minimum atomic E-state index is 0.206. The molecule has 2 N–H and O–H groups in total. The highest BCUT2D eigenvalue weighted by atomic mass is 16.2. The molecule has 1 aliphatic heterocycles. The Kier molecular flexibility index (Phi) is 4.43. The van der Waals surface area contributed by atoms with E-state index >= 15 is 0 Å². The van der Waals surface area contributed by atoms with Crippen LogP contribution < -0.4 is 5.73 Å². The van der Waals surface area contributed by atoms with Gasteiger partial charge in [0.2, 0.25) is 5.91 Å². The number of likely N-dealkylation sites (N-methyl/N-ethyl adjacent to an activating group) is 1. The van der Waals surface area contributed by atoms with Crippen LogP contribution in [0.4, 0.5) is 5.69 Å². The number of hydrogen-bond acceptors (Lipinski definition) is 3. The molecule has 4 nitrogen and oxygen atoms in total. The summed E-state index contributed by atoms with van der Waals surface area (Å²) in [6.07, 6.45) is 2.71. The van der Waals surface area contributed by atoms with Crippen molar-refractivity contribution in [1.29, 1.82) is 0 Å². The van der Waals surface area contributed by atoms with Crippen LogP contribution in [0.5, 0.6) is 0 Å². The van der Waals surface area contributed by atoms with Gasteiger partial charge in [0.1, 0.15) is 0 Å². The number of carbonyl (C=O) groups is 1. The summed E-state index contributed by atoms with van der Waals surface area (Å²) in [6.45, 7) is 1.72. The summed E-state index contributed by atoms with van der Waals surface area (Å²) in [5.74, 6) is 0.206. The van der Waals surface area contributed by atoms with Crippen LogP contribution in [0.25, 0.3) is 0 Å². The van der Waals surface area contributed by atoms with Gasteiger partial charge in [0, 0.05) is 24.8 Å². The molecule has 104 valence electrons. The number of likely N-dealkylation sites (tertiary alicyclic amines) is 1. The van der Waals surface area contributed by atoms with E-state index in [2.05, 4.69) is 19.0 Å². The van der Waals surface area contributed by atoms with Gasteiger partial charge >= 0.3 is 0 Å². The number of nitrogens with zero attached hydrogens (tertiary/aromatic N) is 2. The summed E-state index contributed by atoms with van der Waals surface area (Å²) >= 11 is 0. The zero-order chi connectivity index (χ0) is 13.8. The molecule has 1 heterocycles. The fraction of sp³-hybridized carbons (Fsp3) is 0.533. The summed E-state index contributed by atoms with van der Waals surface area (Å²) in [6, 6.07) is 8.07. The number of amides is 1. The molecule has 1 aliphatic rings. The monoisotopic (exact) mass is 261 g/mol. The molecule has 4 heteroatoms. The molecule has 0 bridgehead atoms. The third-order valence-electron chi connectivity index (χ3n) is 3.79. The van der Waals surface area contributed by atoms with E-state index < -0.39 is 0 Å². The van der Waals surface area contributed by atoms with E-state index in [1.807, 2.05) is 29.2 Å². The van der Waals surface area contributed by atoms with E-state index in [9.17, 15) is 4.79 Å². The summed E-state index contributed by atoms with van der Waals surface area (Å²) in [5, 5.41) is 0. The Morgan fingerprint density at radius 1 is 1.47 bits per heavy atom. The highest BCUT2D eigenvalue weighted by Gasteiger charge is 2.24. The van der Waals surface area contributed by atoms with E-state index in [1.54, 1.807) is 0 Å². The first kappa shape index (κ1) is 13.9. The van der Waals surface area contributed by atoms with Crippen LogP contribution in [-0.2, 0) is 11.2 Å². The van der Waals surface area contributed by atoms with Gasteiger partial charge in [0.05, 0.1) is 6.42 Å². The molecule has 0 saturated carbocycles. The number of carbonyl (C=O) groups excluding carboxylic acids is 1. The van der Waals surface area contributed by atoms with Crippen LogP contribution in [-0.4, -0.2) is 48.9 Å². The van der Waals surface area contributed by atoms with Crippen LogP contribution in [0.15, 0.2) is 24.3 Å². The second kappa shape index (κ2) is 6.06. The standard InChI is InChI=1S/C15H23N3O/c1-17(2)14-7-4-8-18(11-14)15(19)10-12-5-3-6-13(16)9-12/h3,5-6,9,14H,4,7-8,10-11,16H2,1-2H3. The lowest BCUT2D eigenvalue weighted by atomic mass is 10.0. The first-order valence-electron chi connectivity index (χ1n) is 6.85. The number of anilines is 1. The maximum absolute atomic E-state index is 12.3. The number of piperidine rings is 1. The molecule has 1 unspecified atom stereocenters. The van der Waals surface area contributed by atoms with Crippen LogP contribution >= 0.6 is 0 Å². The van der Waals surface area contributed by atoms with E-state index in [4.69, 9.17) is 5.73 Å². The molecule has 1 aromatic carbocycles. The summed E-state index contributed by atoms with van der Waals surface area (Å²) in [4.78, 5) is 16.5. The van der Waals surface area contributed by atoms with Gasteiger partial charge in [-0.3, -0.25) is 4.79 Å². The Bertz CT molecular complexity index is 445. The minimum absolute atomic E-state index is 0.206. The van der Waals surface area contributed by atoms with Crippen LogP contribution in [0.2, 0.25) is 0 Å². The number of rotatable bonds is 3. The van der Waals surface area contributed by atoms with Gasteiger partial charge in [-0.05, 0) is 44.6 Å². The van der Waals surface area contributed by atoms with E-state index in [0.717, 1.165) is 30.8 Å². The van der Waals surface area contributed by atoms with Crippen molar-refractivity contribution in [1.82, 2.24) is 9.80 Å². The van der Waals surface area contributed by atoms with Gasteiger partial charge in [0.15, 0.2) is 0 Å². The van der Waals surface area contributed by atoms with E-state index in [-0.39, 0.29) is 5.91 Å². The van der Waals surface area contributed by atoms with Crippen molar-refractivity contribution in [3.8, 4) is 0 Å². The number of nitrogen functional groups attached to an aromatic ring is 1. The summed E-state index contributed by atoms with van der Waals surface area (Å²) in [7, 11) is 4.16. The molecule has 1 fully saturated rings. The second-order valence-electron chi connectivity index (χ2n) is 5.52. The molecule has 1 amide bonds. The lowest BCUT2D eigenvalue weighted by Gasteiger charge is -2.36. The van der Waals surface area contributed by atoms with Gasteiger partial charge in [-0.2, -0.15) is 0 Å². The smallest absolute Gasteiger partial charge is 0.227 e. The van der Waals surface area contributed by atoms with Crippen molar-refractivity contribution >= 4 is 11.6 Å². The molecule has 0 radical (unpaired) electrons. The maximum atomic E-state index is 12.3. The molecule has 0 spiro atoms. The largest absolute Gasteiger partial charge is 0.399 e. The molecule has 19 heavy (non-hydrogen) atoms. The zero-order valence-corrected chi connectivity index (χ0v) is 11.8. The lowest BCUT2D eigenvalue weighted by Crippen LogP contribution is -2.47. The van der Waals surface area contributed by atoms with Crippen LogP contribution in [0.1, 0.15) is 18.4 Å². The molecule has 0 aliphatic carbocycles. The van der Waals surface area contributed by atoms with Crippen molar-refractivity contribution in [2.45, 2.75) is 25.3 Å². The molecular weight excluding hydrogens is 238 g/mol. The predicted molar refractivity (Wildman–Crippen MR) is 77.8 cm³/mol. The Labute approximate surface area is 115 Å². The van der Waals surface area contributed by atoms with Crippen molar-refractivity contribution in [3.63, 3.8) is 0 Å². The Morgan fingerprint density at radius 3 is 2.95 bits per heavy atom. The number of benzene rings is 1. The second-order valence-corrected chi connectivity index (χ2v) is 5.52. The molecule has 2 rings (SSSR count). The topological polar surface area (TPSA) is 49.6 Å². The molecule has 1 aromatic rings. The van der Waals surface area contributed by atoms with Gasteiger partial charge in [-0.1, -0.05) is 12.1 Å². The average molecular weight is 261 g/mol. The van der Waals surface area contributed by atoms with Crippen molar-refractivity contribution < 1.29 is 4.79 Å². The summed E-state index contributed by atoms with van der Waals surface area (Å²) < 4.78 is 0. The predicted octanol–water partition coefficient (Wildman–Crippen LogP) is 1.36. The average Bonchev–Trinajstić information content (AvgIpc) is 2.39. The number of nitrogens with two attached hydrogens (primary N) is 1. The minimum Gasteiger partial charge on any atom is -0.399 e. The van der Waals surface area contributed by atoms with Crippen LogP contribution in [0, 0.1) is 0 Å². The molecule has 0 aromatic heterocycles. The summed E-state index contributed by atoms with van der Waals surface area (Å²) in [5.41, 5.74) is 7.46. The first-order chi connectivity index (χ1) is 9.06. The fourth-order valence-corrected chi connectivity index (χ4v) is 2.59. The van der Waals surface area contributed by atoms with Gasteiger partial charge < -0.3 is 15.5 Å². The molecule has 1 saturated heterocycles. The Morgan fingerprint density at radius 2 is 2.26 bits per heavy atom. The lowest BCUT2D eigenvalue weighted by molar-refractivity contribution is -0.132. The Balaban J connectivity index is 1.96. The third-order valence-corrected chi connectivity index (χ3v) is 3.79. The van der Waals surface area contributed by atoms with Gasteiger partial charge in [-0.25, -0.2) is 0 Å². The van der Waals surface area contributed by atoms with Gasteiger partial charge in [0.25, 0.3) is 0 Å². The zero-order valence-electron chi connectivity index (χ0n) is 11.8. The van der Waals surface area contributed by atoms with Crippen LogP contribution in [0.3, 0.4) is 0 Å². The van der Waals surface area contributed by atoms with E-state index in [1.165, 1.54) is 6.42 Å². The quantitative estimate of drug-likeness (QED) is 0.836. The number of hydrogen-bond donors (Lipinski definition) is 1. The Hall–Kier alpha value is -1.55. The fourth-order valence-electron chi connectivity index (χ4n) is 2.59. The molecule has 1 atom stereocenters. The van der Waals surface area contributed by atoms with Crippen molar-refractivity contribution in [3.05, 3.63) is 29.8 Å². The van der Waals surface area contributed by atoms with Gasteiger partial charge in [-0.15, -0.1) is 0 Å². The highest BCUT2D eigenvalue weighted by Crippen LogP contribution is 2.16. The SMILES string of the molecule is CN(C)C1CCCN(C(=O)Cc2cccc(N)c2)C1. The highest BCUT2D eigenvalue weighted by molar-refractivity contribution is 5.79. The maximum Gasteiger partial charge on any atom is 0.227 e. The normalized spacial score (nSPS) is 19.7. The van der Waals surface area contributed by atoms with Crippen molar-refractivity contribution in [2.75, 3.05) is 32.9 Å². The first-order valence-corrected chi connectivity index (χ1v) is 6.85. The van der Waals surface area contributed by atoms with Crippen molar-refractivity contribution in [2.24, 2.45) is 0 Å². The molecular formula is C15H23N3O. The third kappa shape index (κ3) is 3.70. The van der Waals surface area contributed by atoms with E-state index in [0.29, 0.717) is 12.5 Å².